The molecule has 2 aromatic rings. The van der Waals surface area contributed by atoms with Gasteiger partial charge in [0.1, 0.15) is 11.6 Å². The number of nitrogens with one attached hydrogen (secondary N) is 1. The molecule has 0 aliphatic carbocycles. The van der Waals surface area contributed by atoms with Crippen LogP contribution in [-0.4, -0.2) is 12.0 Å². The molecule has 0 radical (unpaired) electrons. The molecule has 0 aliphatic rings. The van der Waals surface area contributed by atoms with Crippen molar-refractivity contribution >= 4 is 5.69 Å². The molecule has 0 amide bonds. The van der Waals surface area contributed by atoms with Gasteiger partial charge < -0.3 is 10.1 Å². The van der Waals surface area contributed by atoms with E-state index >= 15 is 0 Å². The van der Waals surface area contributed by atoms with Crippen LogP contribution in [0.2, 0.25) is 0 Å². The van der Waals surface area contributed by atoms with Crippen LogP contribution in [0.4, 0.5) is 10.1 Å². The molecule has 5 nitrogen and oxygen atoms in total. The number of rotatable bonds is 5. The van der Waals surface area contributed by atoms with Crippen LogP contribution >= 0.6 is 0 Å². The van der Waals surface area contributed by atoms with Crippen LogP contribution in [0.1, 0.15) is 11.1 Å². The minimum atomic E-state index is -0.598. The number of hydrogen-bond donors (Lipinski definition) is 1. The van der Waals surface area contributed by atoms with E-state index < -0.39 is 10.7 Å². The normalized spacial score (nSPS) is 10.4. The van der Waals surface area contributed by atoms with Crippen LogP contribution < -0.4 is 10.1 Å². The molecule has 0 unspecified atom stereocenters. The highest BCUT2D eigenvalue weighted by Crippen LogP contribution is 2.33. The summed E-state index contributed by atoms with van der Waals surface area (Å²) in [5.41, 5.74) is 1.62. The Hall–Kier alpha value is -2.47. The predicted molar refractivity (Wildman–Crippen MR) is 77.1 cm³/mol. The molecule has 0 saturated carbocycles. The SMILES string of the molecule is CNCc1ccc(Oc2cc(F)ccc2[N+](=O)[O-])c(C)c1. The van der Waals surface area contributed by atoms with Gasteiger partial charge >= 0.3 is 5.69 Å². The molecule has 21 heavy (non-hydrogen) atoms. The highest BCUT2D eigenvalue weighted by Gasteiger charge is 2.17. The molecular weight excluding hydrogens is 275 g/mol. The average Bonchev–Trinajstić information content (AvgIpc) is 2.42. The fourth-order valence-electron chi connectivity index (χ4n) is 1.98. The summed E-state index contributed by atoms with van der Waals surface area (Å²) in [4.78, 5) is 10.3. The maximum Gasteiger partial charge on any atom is 0.311 e. The molecule has 0 aromatic heterocycles. The number of nitro groups is 1. The van der Waals surface area contributed by atoms with Gasteiger partial charge in [-0.2, -0.15) is 0 Å². The van der Waals surface area contributed by atoms with E-state index in [1.165, 1.54) is 0 Å². The minimum Gasteiger partial charge on any atom is -0.450 e. The summed E-state index contributed by atoms with van der Waals surface area (Å²) in [6.07, 6.45) is 0. The monoisotopic (exact) mass is 290 g/mol. The number of benzene rings is 2. The van der Waals surface area contributed by atoms with Gasteiger partial charge in [-0.1, -0.05) is 12.1 Å². The van der Waals surface area contributed by atoms with Gasteiger partial charge in [0.05, 0.1) is 4.92 Å². The van der Waals surface area contributed by atoms with Gasteiger partial charge in [0.25, 0.3) is 0 Å². The third-order valence-electron chi connectivity index (χ3n) is 2.96. The molecular formula is C15H15FN2O3. The van der Waals surface area contributed by atoms with Crippen LogP contribution in [-0.2, 0) is 6.54 Å². The first-order chi connectivity index (χ1) is 10.0. The van der Waals surface area contributed by atoms with Crippen molar-refractivity contribution in [1.82, 2.24) is 5.32 Å². The molecule has 0 aliphatic heterocycles. The largest absolute Gasteiger partial charge is 0.450 e. The van der Waals surface area contributed by atoms with Crippen LogP contribution in [0.3, 0.4) is 0 Å². The summed E-state index contributed by atoms with van der Waals surface area (Å²) in [6.45, 7) is 2.54. The lowest BCUT2D eigenvalue weighted by Gasteiger charge is -2.10. The van der Waals surface area contributed by atoms with E-state index in [0.717, 1.165) is 29.3 Å². The molecule has 2 aromatic carbocycles. The summed E-state index contributed by atoms with van der Waals surface area (Å²) in [5, 5.41) is 14.0. The zero-order valence-corrected chi connectivity index (χ0v) is 11.7. The Kier molecular flexibility index (Phi) is 4.49. The molecule has 2 rings (SSSR count). The lowest BCUT2D eigenvalue weighted by Crippen LogP contribution is -2.05. The van der Waals surface area contributed by atoms with E-state index in [-0.39, 0.29) is 11.4 Å². The number of nitrogens with zero attached hydrogens (tertiary/aromatic N) is 1. The fourth-order valence-corrected chi connectivity index (χ4v) is 1.98. The van der Waals surface area contributed by atoms with Crippen molar-refractivity contribution in [2.24, 2.45) is 0 Å². The second-order valence-electron chi connectivity index (χ2n) is 4.60. The Bertz CT molecular complexity index is 674. The summed E-state index contributed by atoms with van der Waals surface area (Å²) >= 11 is 0. The molecule has 0 spiro atoms. The second kappa shape index (κ2) is 6.32. The zero-order valence-electron chi connectivity index (χ0n) is 11.7. The number of nitro benzene ring substituents is 1. The minimum absolute atomic E-state index is 0.107. The maximum atomic E-state index is 13.3. The summed E-state index contributed by atoms with van der Waals surface area (Å²) in [5.74, 6) is -0.229. The summed E-state index contributed by atoms with van der Waals surface area (Å²) in [7, 11) is 1.84. The molecule has 110 valence electrons. The van der Waals surface area contributed by atoms with E-state index in [9.17, 15) is 14.5 Å². The Morgan fingerprint density at radius 3 is 2.62 bits per heavy atom. The van der Waals surface area contributed by atoms with Gasteiger partial charge in [0, 0.05) is 18.7 Å². The maximum absolute atomic E-state index is 13.3. The summed E-state index contributed by atoms with van der Waals surface area (Å²) < 4.78 is 18.8. The first kappa shape index (κ1) is 14.9. The van der Waals surface area contributed by atoms with Crippen LogP contribution in [0.5, 0.6) is 11.5 Å². The van der Waals surface area contributed by atoms with Crippen molar-refractivity contribution in [3.05, 3.63) is 63.5 Å². The van der Waals surface area contributed by atoms with Crippen molar-refractivity contribution in [3.63, 3.8) is 0 Å². The van der Waals surface area contributed by atoms with Gasteiger partial charge in [-0.05, 0) is 37.2 Å². The molecule has 0 bridgehead atoms. The Balaban J connectivity index is 2.34. The van der Waals surface area contributed by atoms with Gasteiger partial charge in [0.2, 0.25) is 5.75 Å². The molecule has 0 saturated heterocycles. The fraction of sp³-hybridized carbons (Fsp3) is 0.200. The smallest absolute Gasteiger partial charge is 0.311 e. The van der Waals surface area contributed by atoms with Gasteiger partial charge in [0.15, 0.2) is 0 Å². The molecule has 1 N–H and O–H groups in total. The third-order valence-corrected chi connectivity index (χ3v) is 2.96. The van der Waals surface area contributed by atoms with Crippen molar-refractivity contribution in [3.8, 4) is 11.5 Å². The molecule has 6 heteroatoms. The van der Waals surface area contributed by atoms with E-state index in [1.807, 2.05) is 26.1 Å². The Morgan fingerprint density at radius 2 is 2.00 bits per heavy atom. The lowest BCUT2D eigenvalue weighted by atomic mass is 10.1. The Morgan fingerprint density at radius 1 is 1.24 bits per heavy atom. The Labute approximate surface area is 121 Å². The standard InChI is InChI=1S/C15H15FN2O3/c1-10-7-11(9-17-2)3-6-14(10)21-15-8-12(16)4-5-13(15)18(19)20/h3-8,17H,9H2,1-2H3. The molecule has 0 atom stereocenters. The first-order valence-electron chi connectivity index (χ1n) is 6.37. The predicted octanol–water partition coefficient (Wildman–Crippen LogP) is 3.55. The number of aryl methyl sites for hydroxylation is 1. The second-order valence-corrected chi connectivity index (χ2v) is 4.60. The lowest BCUT2D eigenvalue weighted by molar-refractivity contribution is -0.385. The van der Waals surface area contributed by atoms with Crippen molar-refractivity contribution in [2.75, 3.05) is 7.05 Å². The van der Waals surface area contributed by atoms with E-state index in [2.05, 4.69) is 5.32 Å². The van der Waals surface area contributed by atoms with Crippen molar-refractivity contribution in [2.45, 2.75) is 13.5 Å². The van der Waals surface area contributed by atoms with E-state index in [4.69, 9.17) is 4.74 Å². The molecule has 0 heterocycles. The van der Waals surface area contributed by atoms with Crippen molar-refractivity contribution in [1.29, 1.82) is 0 Å². The average molecular weight is 290 g/mol. The van der Waals surface area contributed by atoms with Crippen LogP contribution in [0.15, 0.2) is 36.4 Å². The number of hydrogen-bond acceptors (Lipinski definition) is 4. The molecule has 0 fully saturated rings. The quantitative estimate of drug-likeness (QED) is 0.675. The highest BCUT2D eigenvalue weighted by atomic mass is 19.1. The van der Waals surface area contributed by atoms with Crippen molar-refractivity contribution < 1.29 is 14.1 Å². The topological polar surface area (TPSA) is 64.4 Å². The van der Waals surface area contributed by atoms with Crippen LogP contribution in [0, 0.1) is 22.9 Å². The van der Waals surface area contributed by atoms with Gasteiger partial charge in [-0.25, -0.2) is 4.39 Å². The zero-order chi connectivity index (χ0) is 15.4. The van der Waals surface area contributed by atoms with E-state index in [1.54, 1.807) is 6.07 Å². The first-order valence-corrected chi connectivity index (χ1v) is 6.37. The van der Waals surface area contributed by atoms with E-state index in [0.29, 0.717) is 12.3 Å². The van der Waals surface area contributed by atoms with Gasteiger partial charge in [-0.15, -0.1) is 0 Å². The number of ether oxygens (including phenoxy) is 1. The van der Waals surface area contributed by atoms with Crippen LogP contribution in [0.25, 0.3) is 0 Å². The third kappa shape index (κ3) is 3.55. The number of halogens is 1. The summed E-state index contributed by atoms with van der Waals surface area (Å²) in [6, 6.07) is 8.62. The highest BCUT2D eigenvalue weighted by molar-refractivity contribution is 5.50. The van der Waals surface area contributed by atoms with Gasteiger partial charge in [-0.3, -0.25) is 10.1 Å².